The number of halogens is 3. The Morgan fingerprint density at radius 3 is 1.64 bits per heavy atom. The van der Waals surface area contributed by atoms with E-state index in [4.69, 9.17) is 32.9 Å². The van der Waals surface area contributed by atoms with Gasteiger partial charge >= 0.3 is 0 Å². The number of pyridine rings is 2. The van der Waals surface area contributed by atoms with Crippen LogP contribution in [0.15, 0.2) is 89.7 Å². The highest BCUT2D eigenvalue weighted by Gasteiger charge is 2.19. The number of rotatable bonds is 3. The van der Waals surface area contributed by atoms with Crippen LogP contribution in [0.4, 0.5) is 5.69 Å². The number of morpholine rings is 1. The first-order valence-electron chi connectivity index (χ1n) is 17.8. The van der Waals surface area contributed by atoms with Crippen LogP contribution >= 0.6 is 39.1 Å². The minimum Gasteiger partial charge on any atom is -0.378 e. The number of fused-ring (bicyclic) bond motifs is 4. The van der Waals surface area contributed by atoms with Gasteiger partial charge in [0.1, 0.15) is 0 Å². The third-order valence-corrected chi connectivity index (χ3v) is 11.4. The molecule has 1 aliphatic rings. The lowest BCUT2D eigenvalue weighted by Crippen LogP contribution is -2.36. The summed E-state index contributed by atoms with van der Waals surface area (Å²) >= 11 is 16.1. The summed E-state index contributed by atoms with van der Waals surface area (Å²) in [5.74, 6) is 0. The van der Waals surface area contributed by atoms with Crippen LogP contribution in [0.5, 0.6) is 0 Å². The Hall–Kier alpha value is -5.42. The van der Waals surface area contributed by atoms with Crippen LogP contribution in [-0.2, 0) is 4.74 Å². The smallest absolute Gasteiger partial charge is 0.0999 e. The van der Waals surface area contributed by atoms with Gasteiger partial charge in [-0.2, -0.15) is 10.5 Å². The minimum atomic E-state index is 0.647. The number of hydrogen-bond donors (Lipinski definition) is 0. The molecule has 0 spiro atoms. The molecule has 0 aliphatic carbocycles. The Bertz CT molecular complexity index is 2930. The molecule has 8 nitrogen and oxygen atoms in total. The molecular formula is C44H34BrCl2N7O. The fourth-order valence-electron chi connectivity index (χ4n) is 7.50. The lowest BCUT2D eigenvalue weighted by Gasteiger charge is -2.29. The summed E-state index contributed by atoms with van der Waals surface area (Å²) in [5, 5.41) is 24.5. The van der Waals surface area contributed by atoms with Crippen LogP contribution in [0, 0.1) is 50.4 Å². The SMILES string of the molecule is Cc1nc2ccc(Cl)cc2c(-n2ccc3c(C#N)cc(Br)cc32)c1C.Cc1nc2ccc(Cl)cc2c(-n2ccc3c(C#N)cc(N4CCOCC4)cc32)c1C. The Labute approximate surface area is 336 Å². The maximum atomic E-state index is 9.82. The molecule has 0 N–H and O–H groups in total. The molecule has 1 fully saturated rings. The number of anilines is 1. The van der Waals surface area contributed by atoms with E-state index in [2.05, 4.69) is 67.0 Å². The first kappa shape index (κ1) is 36.6. The zero-order valence-electron chi connectivity index (χ0n) is 30.6. The molecule has 55 heavy (non-hydrogen) atoms. The van der Waals surface area contributed by atoms with E-state index in [0.717, 1.165) is 101 Å². The number of nitrogens with zero attached hydrogens (tertiary/aromatic N) is 7. The second-order valence-corrected chi connectivity index (χ2v) is 15.5. The Balaban J connectivity index is 0.000000158. The first-order valence-corrected chi connectivity index (χ1v) is 19.3. The maximum absolute atomic E-state index is 9.82. The summed E-state index contributed by atoms with van der Waals surface area (Å²) in [5.41, 5.74) is 12.4. The van der Waals surface area contributed by atoms with Crippen LogP contribution < -0.4 is 4.90 Å². The van der Waals surface area contributed by atoms with Gasteiger partial charge in [0.05, 0.1) is 69.9 Å². The molecule has 0 radical (unpaired) electrons. The van der Waals surface area contributed by atoms with Gasteiger partial charge in [-0.25, -0.2) is 0 Å². The summed E-state index contributed by atoms with van der Waals surface area (Å²) in [6.45, 7) is 11.2. The van der Waals surface area contributed by atoms with Crippen molar-refractivity contribution in [2.75, 3.05) is 31.2 Å². The predicted octanol–water partition coefficient (Wildman–Crippen LogP) is 11.2. The van der Waals surface area contributed by atoms with Crippen molar-refractivity contribution in [1.82, 2.24) is 19.1 Å². The van der Waals surface area contributed by atoms with E-state index >= 15 is 0 Å². The summed E-state index contributed by atoms with van der Waals surface area (Å²) in [4.78, 5) is 11.7. The molecule has 0 bridgehead atoms. The van der Waals surface area contributed by atoms with Crippen molar-refractivity contribution >= 4 is 88.4 Å². The van der Waals surface area contributed by atoms with Crippen LogP contribution in [-0.4, -0.2) is 45.4 Å². The van der Waals surface area contributed by atoms with Crippen molar-refractivity contribution < 1.29 is 4.74 Å². The molecule has 8 aromatic rings. The van der Waals surface area contributed by atoms with Crippen LogP contribution in [0.2, 0.25) is 10.0 Å². The van der Waals surface area contributed by atoms with Gasteiger partial charge in [-0.1, -0.05) is 39.1 Å². The number of aromatic nitrogens is 4. The molecule has 1 saturated heterocycles. The molecule has 9 rings (SSSR count). The zero-order valence-corrected chi connectivity index (χ0v) is 33.7. The van der Waals surface area contributed by atoms with Gasteiger partial charge in [-0.3, -0.25) is 9.97 Å². The number of benzene rings is 4. The zero-order chi connectivity index (χ0) is 38.5. The highest BCUT2D eigenvalue weighted by atomic mass is 79.9. The molecule has 0 amide bonds. The molecule has 272 valence electrons. The van der Waals surface area contributed by atoms with E-state index in [1.54, 1.807) is 0 Å². The molecule has 11 heteroatoms. The quantitative estimate of drug-likeness (QED) is 0.176. The largest absolute Gasteiger partial charge is 0.378 e. The fourth-order valence-corrected chi connectivity index (χ4v) is 8.29. The normalized spacial score (nSPS) is 12.9. The Morgan fingerprint density at radius 2 is 1.13 bits per heavy atom. The molecule has 0 unspecified atom stereocenters. The van der Waals surface area contributed by atoms with Crippen molar-refractivity contribution in [3.05, 3.63) is 133 Å². The monoisotopic (exact) mass is 825 g/mol. The predicted molar refractivity (Wildman–Crippen MR) is 226 cm³/mol. The Morgan fingerprint density at radius 1 is 0.636 bits per heavy atom. The average Bonchev–Trinajstić information content (AvgIpc) is 3.80. The van der Waals surface area contributed by atoms with Gasteiger partial charge in [0.15, 0.2) is 0 Å². The lowest BCUT2D eigenvalue weighted by atomic mass is 10.1. The van der Waals surface area contributed by atoms with Crippen LogP contribution in [0.1, 0.15) is 33.6 Å². The standard InChI is InChI=1S/C24H21ClN4O.C20H13BrClN3/c1-15-16(2)27-22-4-3-18(25)12-21(22)24(15)29-6-5-20-17(14-26)11-19(13-23(20)29)28-7-9-30-10-8-28;1-11-12(2)24-18-4-3-15(22)9-17(18)20(11)25-6-5-16-13(10-23)7-14(21)8-19(16)25/h3-6,11-13H,7-10H2,1-2H3;3-9H,1-2H3. The van der Waals surface area contributed by atoms with Crippen molar-refractivity contribution in [3.8, 4) is 23.5 Å². The summed E-state index contributed by atoms with van der Waals surface area (Å²) in [6, 6.07) is 28.2. The van der Waals surface area contributed by atoms with Crippen molar-refractivity contribution in [1.29, 1.82) is 10.5 Å². The molecule has 1 aliphatic heterocycles. The fraction of sp³-hybridized carbons (Fsp3) is 0.182. The van der Waals surface area contributed by atoms with E-state index < -0.39 is 0 Å². The second-order valence-electron chi connectivity index (χ2n) is 13.7. The third kappa shape index (κ3) is 6.58. The Kier molecular flexibility index (Phi) is 9.75. The molecular weight excluding hydrogens is 793 g/mol. The lowest BCUT2D eigenvalue weighted by molar-refractivity contribution is 0.122. The summed E-state index contributed by atoms with van der Waals surface area (Å²) in [7, 11) is 0. The number of ether oxygens (including phenoxy) is 1. The topological polar surface area (TPSA) is 95.7 Å². The van der Waals surface area contributed by atoms with Gasteiger partial charge in [-0.05, 0) is 112 Å². The van der Waals surface area contributed by atoms with Gasteiger partial charge in [0, 0.05) is 78.6 Å². The minimum absolute atomic E-state index is 0.647. The van der Waals surface area contributed by atoms with E-state index in [9.17, 15) is 10.5 Å². The van der Waals surface area contributed by atoms with Gasteiger partial charge in [-0.15, -0.1) is 0 Å². The second kappa shape index (κ2) is 14.7. The third-order valence-electron chi connectivity index (χ3n) is 10.5. The number of nitriles is 2. The number of aryl methyl sites for hydroxylation is 2. The van der Waals surface area contributed by atoms with E-state index in [-0.39, 0.29) is 0 Å². The van der Waals surface area contributed by atoms with Gasteiger partial charge < -0.3 is 18.8 Å². The van der Waals surface area contributed by atoms with E-state index in [1.807, 2.05) is 93.0 Å². The summed E-state index contributed by atoms with van der Waals surface area (Å²) in [6.07, 6.45) is 4.04. The molecule has 0 saturated carbocycles. The highest BCUT2D eigenvalue weighted by molar-refractivity contribution is 9.10. The molecule has 0 atom stereocenters. The number of hydrogen-bond acceptors (Lipinski definition) is 6. The first-order chi connectivity index (χ1) is 26.6. The van der Waals surface area contributed by atoms with Crippen molar-refractivity contribution in [2.45, 2.75) is 27.7 Å². The van der Waals surface area contributed by atoms with Crippen molar-refractivity contribution in [2.24, 2.45) is 0 Å². The van der Waals surface area contributed by atoms with Crippen LogP contribution in [0.3, 0.4) is 0 Å². The molecule has 4 aromatic carbocycles. The van der Waals surface area contributed by atoms with Gasteiger partial charge in [0.2, 0.25) is 0 Å². The molecule has 5 heterocycles. The maximum Gasteiger partial charge on any atom is 0.0999 e. The van der Waals surface area contributed by atoms with E-state index in [1.165, 1.54) is 0 Å². The average molecular weight is 828 g/mol. The summed E-state index contributed by atoms with van der Waals surface area (Å²) < 4.78 is 10.7. The van der Waals surface area contributed by atoms with Crippen molar-refractivity contribution in [3.63, 3.8) is 0 Å². The van der Waals surface area contributed by atoms with E-state index in [0.29, 0.717) is 34.4 Å². The molecule has 4 aromatic heterocycles. The van der Waals surface area contributed by atoms with Gasteiger partial charge in [0.25, 0.3) is 0 Å². The highest BCUT2D eigenvalue weighted by Crippen LogP contribution is 2.36. The van der Waals surface area contributed by atoms with Crippen LogP contribution in [0.25, 0.3) is 55.0 Å².